The van der Waals surface area contributed by atoms with Crippen LogP contribution in [0.15, 0.2) is 48.5 Å². The Hall–Kier alpha value is -3.08. The second-order valence-electron chi connectivity index (χ2n) is 10.9. The number of aliphatic carboxylic acids is 1. The van der Waals surface area contributed by atoms with E-state index in [4.69, 9.17) is 9.84 Å². The maximum absolute atomic E-state index is 12.5. The zero-order valence-corrected chi connectivity index (χ0v) is 19.9. The Morgan fingerprint density at radius 2 is 1.56 bits per heavy atom. The summed E-state index contributed by atoms with van der Waals surface area (Å²) in [6, 6.07) is 14.1. The van der Waals surface area contributed by atoms with E-state index in [9.17, 15) is 9.59 Å². The number of hydrogen-bond donors (Lipinski definition) is 2. The first-order chi connectivity index (χ1) is 16.3. The molecule has 4 aliphatic rings. The Kier molecular flexibility index (Phi) is 5.97. The van der Waals surface area contributed by atoms with Gasteiger partial charge in [-0.05, 0) is 110 Å². The molecule has 4 bridgehead atoms. The van der Waals surface area contributed by atoms with Crippen LogP contribution in [0, 0.1) is 17.8 Å². The predicted octanol–water partition coefficient (Wildman–Crippen LogP) is 6.42. The molecule has 0 radical (unpaired) electrons. The number of carbonyl (C=O) groups is 2. The van der Waals surface area contributed by atoms with Gasteiger partial charge >= 0.3 is 12.1 Å². The first-order valence-corrected chi connectivity index (χ1v) is 12.4. The van der Waals surface area contributed by atoms with E-state index in [1.54, 1.807) is 6.08 Å². The van der Waals surface area contributed by atoms with Gasteiger partial charge in [0.15, 0.2) is 0 Å². The molecule has 4 saturated carbocycles. The monoisotopic (exact) mass is 459 g/mol. The van der Waals surface area contributed by atoms with Gasteiger partial charge in [-0.25, -0.2) is 9.59 Å². The smallest absolute Gasteiger partial charge is 0.412 e. The topological polar surface area (TPSA) is 75.6 Å². The largest absolute Gasteiger partial charge is 0.478 e. The lowest BCUT2D eigenvalue weighted by atomic mass is 9.48. The van der Waals surface area contributed by atoms with Crippen LogP contribution in [0.5, 0.6) is 5.75 Å². The van der Waals surface area contributed by atoms with Crippen LogP contribution in [-0.2, 0) is 10.2 Å². The second kappa shape index (κ2) is 8.94. The number of carboxylic acid groups (broad SMARTS) is 1. The standard InChI is InChI=1S/C29H33NO4/c1-18(2)30-28(33)34-26-9-8-24(23-6-3-19(4-7-23)5-10-27(31)32)14-25(26)29-15-20-11-21(16-29)13-22(12-20)17-29/h3-10,14,18,20-22H,11-13,15-17H2,1-2H3,(H,30,33)(H,31,32). The fraction of sp³-hybridized carbons (Fsp3) is 0.448. The van der Waals surface area contributed by atoms with Gasteiger partial charge in [-0.15, -0.1) is 0 Å². The number of amides is 1. The summed E-state index contributed by atoms with van der Waals surface area (Å²) in [7, 11) is 0. The average Bonchev–Trinajstić information content (AvgIpc) is 2.77. The normalized spacial score (nSPS) is 27.3. The minimum Gasteiger partial charge on any atom is -0.478 e. The molecule has 2 aromatic carbocycles. The lowest BCUT2D eigenvalue weighted by Gasteiger charge is -2.57. The van der Waals surface area contributed by atoms with Crippen molar-refractivity contribution in [1.82, 2.24) is 5.32 Å². The van der Waals surface area contributed by atoms with Crippen LogP contribution in [-0.4, -0.2) is 23.2 Å². The van der Waals surface area contributed by atoms with Crippen molar-refractivity contribution in [3.8, 4) is 16.9 Å². The highest BCUT2D eigenvalue weighted by Crippen LogP contribution is 2.62. The molecule has 178 valence electrons. The molecule has 0 atom stereocenters. The van der Waals surface area contributed by atoms with Gasteiger partial charge in [-0.3, -0.25) is 0 Å². The number of carboxylic acids is 1. The minimum absolute atomic E-state index is 0.0171. The van der Waals surface area contributed by atoms with Gasteiger partial charge in [0.05, 0.1) is 0 Å². The maximum Gasteiger partial charge on any atom is 0.412 e. The quantitative estimate of drug-likeness (QED) is 0.489. The molecular weight excluding hydrogens is 426 g/mol. The molecule has 0 aliphatic heterocycles. The third-order valence-corrected chi connectivity index (χ3v) is 7.86. The fourth-order valence-corrected chi connectivity index (χ4v) is 6.97. The molecular formula is C29H33NO4. The van der Waals surface area contributed by atoms with Gasteiger partial charge < -0.3 is 15.2 Å². The van der Waals surface area contributed by atoms with Gasteiger partial charge in [-0.1, -0.05) is 30.3 Å². The molecule has 4 fully saturated rings. The summed E-state index contributed by atoms with van der Waals surface area (Å²) in [5.41, 5.74) is 4.27. The fourth-order valence-electron chi connectivity index (χ4n) is 6.97. The van der Waals surface area contributed by atoms with Crippen LogP contribution < -0.4 is 10.1 Å². The van der Waals surface area contributed by atoms with E-state index in [2.05, 4.69) is 11.4 Å². The number of benzene rings is 2. The summed E-state index contributed by atoms with van der Waals surface area (Å²) in [4.78, 5) is 23.3. The number of nitrogens with one attached hydrogen (secondary N) is 1. The predicted molar refractivity (Wildman–Crippen MR) is 133 cm³/mol. The molecule has 2 aromatic rings. The highest BCUT2D eigenvalue weighted by Gasteiger charge is 2.52. The van der Waals surface area contributed by atoms with Gasteiger partial charge in [0.1, 0.15) is 5.75 Å². The Morgan fingerprint density at radius 3 is 2.12 bits per heavy atom. The highest BCUT2D eigenvalue weighted by atomic mass is 16.6. The van der Waals surface area contributed by atoms with Crippen molar-refractivity contribution >= 4 is 18.1 Å². The average molecular weight is 460 g/mol. The number of hydrogen-bond acceptors (Lipinski definition) is 3. The SMILES string of the molecule is CC(C)NC(=O)Oc1ccc(-c2ccc(C=CC(=O)O)cc2)cc1C12CC3CC(CC(C3)C1)C2. The van der Waals surface area contributed by atoms with E-state index < -0.39 is 12.1 Å². The Labute approximate surface area is 201 Å². The molecule has 0 unspecified atom stereocenters. The summed E-state index contributed by atoms with van der Waals surface area (Å²) >= 11 is 0. The van der Waals surface area contributed by atoms with Crippen molar-refractivity contribution in [2.24, 2.45) is 17.8 Å². The van der Waals surface area contributed by atoms with E-state index in [0.717, 1.165) is 40.5 Å². The highest BCUT2D eigenvalue weighted by molar-refractivity contribution is 5.85. The van der Waals surface area contributed by atoms with Crippen LogP contribution in [0.1, 0.15) is 63.5 Å². The molecule has 4 aliphatic carbocycles. The molecule has 6 rings (SSSR count). The summed E-state index contributed by atoms with van der Waals surface area (Å²) in [5, 5.41) is 11.7. The van der Waals surface area contributed by atoms with Crippen LogP contribution in [0.3, 0.4) is 0 Å². The van der Waals surface area contributed by atoms with Crippen molar-refractivity contribution in [1.29, 1.82) is 0 Å². The summed E-state index contributed by atoms with van der Waals surface area (Å²) in [5.74, 6) is 2.08. The minimum atomic E-state index is -0.957. The second-order valence-corrected chi connectivity index (χ2v) is 10.9. The Morgan fingerprint density at radius 1 is 0.971 bits per heavy atom. The third kappa shape index (κ3) is 4.61. The molecule has 0 saturated heterocycles. The van der Waals surface area contributed by atoms with Crippen LogP contribution in [0.25, 0.3) is 17.2 Å². The van der Waals surface area contributed by atoms with Crippen molar-refractivity contribution < 1.29 is 19.4 Å². The van der Waals surface area contributed by atoms with Crippen molar-refractivity contribution in [3.63, 3.8) is 0 Å². The van der Waals surface area contributed by atoms with Gasteiger partial charge in [-0.2, -0.15) is 0 Å². The van der Waals surface area contributed by atoms with E-state index in [1.807, 2.05) is 50.2 Å². The zero-order valence-electron chi connectivity index (χ0n) is 19.9. The van der Waals surface area contributed by atoms with Gasteiger partial charge in [0.2, 0.25) is 0 Å². The summed E-state index contributed by atoms with van der Waals surface area (Å²) in [6.07, 6.45) is 9.96. The van der Waals surface area contributed by atoms with Crippen molar-refractivity contribution in [2.75, 3.05) is 0 Å². The summed E-state index contributed by atoms with van der Waals surface area (Å²) in [6.45, 7) is 3.86. The van der Waals surface area contributed by atoms with Crippen LogP contribution in [0.2, 0.25) is 0 Å². The van der Waals surface area contributed by atoms with E-state index >= 15 is 0 Å². The molecule has 5 nitrogen and oxygen atoms in total. The van der Waals surface area contributed by atoms with Crippen LogP contribution >= 0.6 is 0 Å². The molecule has 34 heavy (non-hydrogen) atoms. The Balaban J connectivity index is 1.50. The number of rotatable bonds is 6. The zero-order chi connectivity index (χ0) is 23.9. The van der Waals surface area contributed by atoms with Crippen LogP contribution in [0.4, 0.5) is 4.79 Å². The first-order valence-electron chi connectivity index (χ1n) is 12.4. The van der Waals surface area contributed by atoms with Gasteiger partial charge in [0.25, 0.3) is 0 Å². The molecule has 0 heterocycles. The molecule has 0 spiro atoms. The third-order valence-electron chi connectivity index (χ3n) is 7.86. The van der Waals surface area contributed by atoms with Crippen molar-refractivity contribution in [3.05, 3.63) is 59.7 Å². The lowest BCUT2D eigenvalue weighted by Crippen LogP contribution is -2.48. The lowest BCUT2D eigenvalue weighted by molar-refractivity contribution is -0.131. The molecule has 5 heteroatoms. The Bertz CT molecular complexity index is 1080. The van der Waals surface area contributed by atoms with E-state index in [1.165, 1.54) is 44.1 Å². The van der Waals surface area contributed by atoms with E-state index in [-0.39, 0.29) is 11.5 Å². The van der Waals surface area contributed by atoms with Crippen molar-refractivity contribution in [2.45, 2.75) is 63.8 Å². The van der Waals surface area contributed by atoms with E-state index in [0.29, 0.717) is 5.75 Å². The molecule has 1 amide bonds. The maximum atomic E-state index is 12.5. The summed E-state index contributed by atoms with van der Waals surface area (Å²) < 4.78 is 5.90. The number of ether oxygens (including phenoxy) is 1. The number of carbonyl (C=O) groups excluding carboxylic acids is 1. The first kappa shape index (κ1) is 22.7. The molecule has 0 aromatic heterocycles. The molecule has 2 N–H and O–H groups in total. The van der Waals surface area contributed by atoms with Gasteiger partial charge in [0, 0.05) is 17.7 Å².